The van der Waals surface area contributed by atoms with E-state index < -0.39 is 0 Å². The average molecular weight is 255 g/mol. The molecule has 0 aromatic carbocycles. The molecule has 0 radical (unpaired) electrons. The smallest absolute Gasteiger partial charge is 0.225 e. The lowest BCUT2D eigenvalue weighted by atomic mass is 9.95. The second-order valence-corrected chi connectivity index (χ2v) is 6.06. The van der Waals surface area contributed by atoms with Crippen molar-refractivity contribution in [1.29, 1.82) is 0 Å². The zero-order valence-corrected chi connectivity index (χ0v) is 12.4. The molecule has 4 nitrogen and oxygen atoms in total. The minimum atomic E-state index is 0.0666. The summed E-state index contributed by atoms with van der Waals surface area (Å²) in [6.45, 7) is 1.63. The van der Waals surface area contributed by atoms with Crippen LogP contribution in [0.1, 0.15) is 32.1 Å². The summed E-state index contributed by atoms with van der Waals surface area (Å²) in [5.41, 5.74) is 0. The molecule has 0 aromatic rings. The van der Waals surface area contributed by atoms with Gasteiger partial charge in [-0.3, -0.25) is 4.79 Å². The van der Waals surface area contributed by atoms with Crippen LogP contribution in [0.15, 0.2) is 0 Å². The highest BCUT2D eigenvalue weighted by Gasteiger charge is 2.23. The zero-order chi connectivity index (χ0) is 13.5. The Bertz CT molecular complexity index is 237. The maximum atomic E-state index is 12.3. The molecule has 4 heteroatoms. The van der Waals surface area contributed by atoms with Gasteiger partial charge in [0, 0.05) is 19.1 Å². The maximum absolute atomic E-state index is 12.3. The Kier molecular flexibility index (Phi) is 6.65. The van der Waals surface area contributed by atoms with Gasteiger partial charge in [-0.15, -0.1) is 0 Å². The van der Waals surface area contributed by atoms with E-state index in [2.05, 4.69) is 15.1 Å². The van der Waals surface area contributed by atoms with Crippen molar-refractivity contribution in [3.05, 3.63) is 0 Å². The summed E-state index contributed by atoms with van der Waals surface area (Å²) in [7, 11) is 8.10. The molecule has 0 atom stereocenters. The molecule has 1 saturated carbocycles. The van der Waals surface area contributed by atoms with Crippen molar-refractivity contribution in [3.63, 3.8) is 0 Å². The van der Waals surface area contributed by atoms with Crippen LogP contribution in [0, 0.1) is 5.92 Å². The standard InChI is InChI=1S/C14H29N3O/c1-16(2)10-12(11-17(3)4)14(18)15-13-8-6-5-7-9-13/h12-13H,5-11H2,1-4H3,(H,15,18). The number of carbonyl (C=O) groups is 1. The average Bonchev–Trinajstić information content (AvgIpc) is 2.28. The van der Waals surface area contributed by atoms with E-state index in [-0.39, 0.29) is 11.8 Å². The molecule has 1 N–H and O–H groups in total. The van der Waals surface area contributed by atoms with Crippen molar-refractivity contribution in [3.8, 4) is 0 Å². The molecule has 0 heterocycles. The number of nitrogens with zero attached hydrogens (tertiary/aromatic N) is 2. The normalized spacial score (nSPS) is 17.7. The van der Waals surface area contributed by atoms with E-state index >= 15 is 0 Å². The monoisotopic (exact) mass is 255 g/mol. The molecular weight excluding hydrogens is 226 g/mol. The summed E-state index contributed by atoms with van der Waals surface area (Å²) in [5, 5.41) is 3.24. The molecule has 1 aliphatic carbocycles. The second-order valence-electron chi connectivity index (χ2n) is 6.06. The van der Waals surface area contributed by atoms with E-state index in [1.165, 1.54) is 19.3 Å². The first-order valence-corrected chi connectivity index (χ1v) is 7.09. The molecule has 18 heavy (non-hydrogen) atoms. The summed E-state index contributed by atoms with van der Waals surface area (Å²) in [6, 6.07) is 0.415. The Morgan fingerprint density at radius 3 is 2.00 bits per heavy atom. The molecule has 1 amide bonds. The van der Waals surface area contributed by atoms with E-state index in [1.807, 2.05) is 28.2 Å². The van der Waals surface area contributed by atoms with Crippen LogP contribution in [0.4, 0.5) is 0 Å². The van der Waals surface area contributed by atoms with Gasteiger partial charge in [-0.05, 0) is 41.0 Å². The summed E-state index contributed by atoms with van der Waals surface area (Å²) in [6.07, 6.45) is 6.16. The van der Waals surface area contributed by atoms with E-state index in [0.717, 1.165) is 25.9 Å². The Hall–Kier alpha value is -0.610. The SMILES string of the molecule is CN(C)CC(CN(C)C)C(=O)NC1CCCCC1. The molecule has 0 spiro atoms. The fourth-order valence-electron chi connectivity index (χ4n) is 2.67. The van der Waals surface area contributed by atoms with Crippen molar-refractivity contribution < 1.29 is 4.79 Å². The van der Waals surface area contributed by atoms with Crippen LogP contribution in [-0.4, -0.2) is 63.0 Å². The van der Waals surface area contributed by atoms with Gasteiger partial charge in [0.15, 0.2) is 0 Å². The number of carbonyl (C=O) groups excluding carboxylic acids is 1. The molecule has 0 saturated heterocycles. The molecule has 1 aliphatic rings. The highest BCUT2D eigenvalue weighted by atomic mass is 16.2. The lowest BCUT2D eigenvalue weighted by Gasteiger charge is -2.28. The van der Waals surface area contributed by atoms with Crippen LogP contribution in [0.2, 0.25) is 0 Å². The molecule has 0 unspecified atom stereocenters. The highest BCUT2D eigenvalue weighted by molar-refractivity contribution is 5.79. The van der Waals surface area contributed by atoms with Gasteiger partial charge in [0.2, 0.25) is 5.91 Å². The van der Waals surface area contributed by atoms with Crippen molar-refractivity contribution in [2.24, 2.45) is 5.92 Å². The fourth-order valence-corrected chi connectivity index (χ4v) is 2.67. The third-order valence-corrected chi connectivity index (χ3v) is 3.49. The molecule has 0 aromatic heterocycles. The number of rotatable bonds is 6. The molecule has 1 rings (SSSR count). The highest BCUT2D eigenvalue weighted by Crippen LogP contribution is 2.17. The van der Waals surface area contributed by atoms with Gasteiger partial charge >= 0.3 is 0 Å². The van der Waals surface area contributed by atoms with Crippen LogP contribution in [0.5, 0.6) is 0 Å². The lowest BCUT2D eigenvalue weighted by Crippen LogP contribution is -2.46. The number of nitrogens with one attached hydrogen (secondary N) is 1. The Balaban J connectivity index is 2.46. The molecule has 0 aliphatic heterocycles. The Morgan fingerprint density at radius 1 is 1.06 bits per heavy atom. The van der Waals surface area contributed by atoms with Crippen LogP contribution in [0.25, 0.3) is 0 Å². The van der Waals surface area contributed by atoms with E-state index in [1.54, 1.807) is 0 Å². The van der Waals surface area contributed by atoms with Gasteiger partial charge in [0.1, 0.15) is 0 Å². The van der Waals surface area contributed by atoms with Crippen molar-refractivity contribution in [1.82, 2.24) is 15.1 Å². The summed E-state index contributed by atoms with van der Waals surface area (Å²) >= 11 is 0. The third-order valence-electron chi connectivity index (χ3n) is 3.49. The number of hydrogen-bond donors (Lipinski definition) is 1. The van der Waals surface area contributed by atoms with Crippen molar-refractivity contribution >= 4 is 5.91 Å². The minimum Gasteiger partial charge on any atom is -0.353 e. The van der Waals surface area contributed by atoms with Gasteiger partial charge in [-0.25, -0.2) is 0 Å². The first-order chi connectivity index (χ1) is 8.49. The van der Waals surface area contributed by atoms with Crippen LogP contribution in [0.3, 0.4) is 0 Å². The zero-order valence-electron chi connectivity index (χ0n) is 12.4. The van der Waals surface area contributed by atoms with Crippen molar-refractivity contribution in [2.45, 2.75) is 38.1 Å². The molecule has 106 valence electrons. The van der Waals surface area contributed by atoms with Gasteiger partial charge in [-0.1, -0.05) is 19.3 Å². The van der Waals surface area contributed by atoms with Crippen molar-refractivity contribution in [2.75, 3.05) is 41.3 Å². The summed E-state index contributed by atoms with van der Waals surface area (Å²) < 4.78 is 0. The predicted molar refractivity (Wildman–Crippen MR) is 75.6 cm³/mol. The topological polar surface area (TPSA) is 35.6 Å². The Morgan fingerprint density at radius 2 is 1.56 bits per heavy atom. The maximum Gasteiger partial charge on any atom is 0.225 e. The fraction of sp³-hybridized carbons (Fsp3) is 0.929. The van der Waals surface area contributed by atoms with Crippen LogP contribution in [-0.2, 0) is 4.79 Å². The largest absolute Gasteiger partial charge is 0.353 e. The lowest BCUT2D eigenvalue weighted by molar-refractivity contribution is -0.126. The Labute approximate surface area is 112 Å². The molecule has 1 fully saturated rings. The minimum absolute atomic E-state index is 0.0666. The van der Waals surface area contributed by atoms with Crippen LogP contribution < -0.4 is 5.32 Å². The molecular formula is C14H29N3O. The van der Waals surface area contributed by atoms with Gasteiger partial charge in [0.25, 0.3) is 0 Å². The quantitative estimate of drug-likeness (QED) is 0.774. The van der Waals surface area contributed by atoms with E-state index in [9.17, 15) is 4.79 Å². The van der Waals surface area contributed by atoms with Crippen LogP contribution >= 0.6 is 0 Å². The van der Waals surface area contributed by atoms with Gasteiger partial charge in [-0.2, -0.15) is 0 Å². The van der Waals surface area contributed by atoms with E-state index in [0.29, 0.717) is 6.04 Å². The number of hydrogen-bond acceptors (Lipinski definition) is 3. The second kappa shape index (κ2) is 7.74. The van der Waals surface area contributed by atoms with E-state index in [4.69, 9.17) is 0 Å². The predicted octanol–water partition coefficient (Wildman–Crippen LogP) is 1.17. The third kappa shape index (κ3) is 5.83. The first-order valence-electron chi connectivity index (χ1n) is 7.09. The number of amides is 1. The van der Waals surface area contributed by atoms with Gasteiger partial charge < -0.3 is 15.1 Å². The first kappa shape index (κ1) is 15.4. The summed E-state index contributed by atoms with van der Waals surface area (Å²) in [5.74, 6) is 0.293. The van der Waals surface area contributed by atoms with Gasteiger partial charge in [0.05, 0.1) is 5.92 Å². The summed E-state index contributed by atoms with van der Waals surface area (Å²) in [4.78, 5) is 16.5. The molecule has 0 bridgehead atoms.